The average Bonchev–Trinajstić information content (AvgIpc) is 3.44. The molecule has 0 bridgehead atoms. The zero-order valence-corrected chi connectivity index (χ0v) is 18.4. The number of Topliss-reactive ketones (excluding diaryl/α,β-unsaturated/α-hetero) is 2. The summed E-state index contributed by atoms with van der Waals surface area (Å²) in [5.41, 5.74) is 5.43. The number of carbonyl (C=O) groups is 2. The molecule has 2 aliphatic carbocycles. The first-order chi connectivity index (χ1) is 16.7. The molecule has 0 radical (unpaired) electrons. The molecule has 4 aromatic carbocycles. The lowest BCUT2D eigenvalue weighted by atomic mass is 10.0. The van der Waals surface area contributed by atoms with Gasteiger partial charge in [-0.2, -0.15) is 0 Å². The molecular formula is C31H21NO2. The first-order valence-electron chi connectivity index (χ1n) is 11.3. The minimum absolute atomic E-state index is 0.191. The Kier molecular flexibility index (Phi) is 4.81. The van der Waals surface area contributed by atoms with Crippen LogP contribution in [0.1, 0.15) is 27.1 Å². The maximum absolute atomic E-state index is 12.9. The fourth-order valence-corrected chi connectivity index (χ4v) is 4.81. The topological polar surface area (TPSA) is 37.4 Å². The lowest BCUT2D eigenvalue weighted by Gasteiger charge is -2.28. The second kappa shape index (κ2) is 8.13. The Balaban J connectivity index is 1.37. The quantitative estimate of drug-likeness (QED) is 0.249. The summed E-state index contributed by atoms with van der Waals surface area (Å²) in [5, 5.41) is 2.34. The summed E-state index contributed by atoms with van der Waals surface area (Å²) in [6, 6.07) is 32.0. The number of anilines is 2. The van der Waals surface area contributed by atoms with Gasteiger partial charge in [-0.1, -0.05) is 84.9 Å². The van der Waals surface area contributed by atoms with Crippen molar-refractivity contribution in [3.63, 3.8) is 0 Å². The molecule has 0 unspecified atom stereocenters. The van der Waals surface area contributed by atoms with E-state index in [1.807, 2.05) is 30.3 Å². The second-order valence-electron chi connectivity index (χ2n) is 8.51. The lowest BCUT2D eigenvalue weighted by molar-refractivity contribution is 0.0988. The number of nitrogens with zero attached hydrogens (tertiary/aromatic N) is 1. The van der Waals surface area contributed by atoms with Gasteiger partial charge in [0, 0.05) is 34.3 Å². The number of ketones is 2. The molecule has 0 fully saturated rings. The molecule has 2 aliphatic rings. The third-order valence-corrected chi connectivity index (χ3v) is 6.42. The maximum Gasteiger partial charge on any atom is 0.197 e. The predicted octanol–water partition coefficient (Wildman–Crippen LogP) is 7.20. The van der Waals surface area contributed by atoms with Gasteiger partial charge in [0.1, 0.15) is 0 Å². The Morgan fingerprint density at radius 3 is 2.06 bits per heavy atom. The van der Waals surface area contributed by atoms with E-state index < -0.39 is 0 Å². The third kappa shape index (κ3) is 3.30. The molecule has 3 nitrogen and oxygen atoms in total. The number of para-hydroxylation sites is 1. The molecule has 0 spiro atoms. The van der Waals surface area contributed by atoms with Crippen molar-refractivity contribution < 1.29 is 9.59 Å². The molecule has 6 rings (SSSR count). The molecule has 0 atom stereocenters. The van der Waals surface area contributed by atoms with Gasteiger partial charge in [-0.15, -0.1) is 0 Å². The molecule has 0 heterocycles. The van der Waals surface area contributed by atoms with Gasteiger partial charge in [-0.3, -0.25) is 9.59 Å². The fourth-order valence-electron chi connectivity index (χ4n) is 4.81. The highest BCUT2D eigenvalue weighted by atomic mass is 16.2. The first-order valence-corrected chi connectivity index (χ1v) is 11.3. The third-order valence-electron chi connectivity index (χ3n) is 6.42. The van der Waals surface area contributed by atoms with E-state index in [2.05, 4.69) is 59.5 Å². The van der Waals surface area contributed by atoms with Crippen LogP contribution < -0.4 is 4.90 Å². The predicted molar refractivity (Wildman–Crippen MR) is 136 cm³/mol. The lowest BCUT2D eigenvalue weighted by Crippen LogP contribution is -2.16. The molecule has 3 heteroatoms. The summed E-state index contributed by atoms with van der Waals surface area (Å²) in [7, 11) is 0. The molecule has 0 aliphatic heterocycles. The Bertz CT molecular complexity index is 1510. The highest BCUT2D eigenvalue weighted by Crippen LogP contribution is 2.39. The first kappa shape index (κ1) is 20.1. The molecule has 0 saturated carbocycles. The largest absolute Gasteiger partial charge is 0.313 e. The van der Waals surface area contributed by atoms with Crippen LogP contribution in [0.15, 0.2) is 132 Å². The van der Waals surface area contributed by atoms with Crippen LogP contribution in [-0.2, 0) is 0 Å². The van der Waals surface area contributed by atoms with Gasteiger partial charge >= 0.3 is 0 Å². The van der Waals surface area contributed by atoms with E-state index in [1.165, 1.54) is 5.39 Å². The molecule has 0 amide bonds. The van der Waals surface area contributed by atoms with Gasteiger partial charge < -0.3 is 4.90 Å². The van der Waals surface area contributed by atoms with E-state index in [-0.39, 0.29) is 17.1 Å². The van der Waals surface area contributed by atoms with Crippen LogP contribution in [0.4, 0.5) is 11.4 Å². The zero-order chi connectivity index (χ0) is 23.1. The fraction of sp³-hybridized carbons (Fsp3) is 0.0323. The average molecular weight is 440 g/mol. The standard InChI is InChI=1S/C31H21NO2/c33-30-26-14-6-7-15-27(26)31(34)28(30)20-21-17-18-24(19-21)32(23-11-2-1-3-12-23)29-16-8-10-22-9-4-5-13-25(22)29/h1-18,20H,19H2. The molecule has 162 valence electrons. The summed E-state index contributed by atoms with van der Waals surface area (Å²) in [4.78, 5) is 28.0. The van der Waals surface area contributed by atoms with E-state index in [9.17, 15) is 9.59 Å². The number of carbonyl (C=O) groups excluding carboxylic acids is 2. The normalized spacial score (nSPS) is 14.8. The van der Waals surface area contributed by atoms with Gasteiger partial charge in [0.15, 0.2) is 11.6 Å². The SMILES string of the molecule is O=C1C(=CC2=CC=C(N(c3ccccc3)c3cccc4ccccc34)C2)C(=O)c2ccccc21. The number of benzene rings is 4. The van der Waals surface area contributed by atoms with E-state index >= 15 is 0 Å². The van der Waals surface area contributed by atoms with E-state index in [4.69, 9.17) is 0 Å². The Hall–Kier alpha value is -4.50. The smallest absolute Gasteiger partial charge is 0.197 e. The summed E-state index contributed by atoms with van der Waals surface area (Å²) < 4.78 is 0. The van der Waals surface area contributed by atoms with Crippen molar-refractivity contribution in [3.05, 3.63) is 143 Å². The zero-order valence-electron chi connectivity index (χ0n) is 18.4. The van der Waals surface area contributed by atoms with Crippen LogP contribution in [0.25, 0.3) is 10.8 Å². The Morgan fingerprint density at radius 1 is 0.647 bits per heavy atom. The van der Waals surface area contributed by atoms with Crippen molar-refractivity contribution in [2.75, 3.05) is 4.90 Å². The van der Waals surface area contributed by atoms with Crippen molar-refractivity contribution >= 4 is 33.7 Å². The molecular weight excluding hydrogens is 418 g/mol. The molecule has 0 saturated heterocycles. The van der Waals surface area contributed by atoms with Crippen LogP contribution in [0.5, 0.6) is 0 Å². The van der Waals surface area contributed by atoms with Crippen LogP contribution in [0.2, 0.25) is 0 Å². The summed E-state index contributed by atoms with van der Waals surface area (Å²) in [6.45, 7) is 0. The monoisotopic (exact) mass is 439 g/mol. The minimum Gasteiger partial charge on any atom is -0.313 e. The molecule has 34 heavy (non-hydrogen) atoms. The summed E-state index contributed by atoms with van der Waals surface area (Å²) >= 11 is 0. The Morgan fingerprint density at radius 2 is 1.29 bits per heavy atom. The minimum atomic E-state index is -0.191. The van der Waals surface area contributed by atoms with Gasteiger partial charge in [0.05, 0.1) is 11.3 Å². The van der Waals surface area contributed by atoms with Gasteiger partial charge in [-0.05, 0) is 41.3 Å². The van der Waals surface area contributed by atoms with Crippen LogP contribution in [0, 0.1) is 0 Å². The van der Waals surface area contributed by atoms with Gasteiger partial charge in [0.25, 0.3) is 0 Å². The summed E-state index contributed by atoms with van der Waals surface area (Å²) in [5.74, 6) is -0.382. The van der Waals surface area contributed by atoms with Crippen molar-refractivity contribution in [2.45, 2.75) is 6.42 Å². The van der Waals surface area contributed by atoms with Gasteiger partial charge in [0.2, 0.25) is 0 Å². The van der Waals surface area contributed by atoms with Crippen molar-refractivity contribution in [1.82, 2.24) is 0 Å². The summed E-state index contributed by atoms with van der Waals surface area (Å²) in [6.07, 6.45) is 6.48. The molecule has 0 N–H and O–H groups in total. The van der Waals surface area contributed by atoms with Crippen molar-refractivity contribution in [1.29, 1.82) is 0 Å². The van der Waals surface area contributed by atoms with Crippen LogP contribution in [0.3, 0.4) is 0 Å². The van der Waals surface area contributed by atoms with Crippen molar-refractivity contribution in [3.8, 4) is 0 Å². The molecule has 0 aromatic heterocycles. The van der Waals surface area contributed by atoms with E-state index in [1.54, 1.807) is 30.3 Å². The highest BCUT2D eigenvalue weighted by molar-refractivity contribution is 6.39. The van der Waals surface area contributed by atoms with Crippen molar-refractivity contribution in [2.24, 2.45) is 0 Å². The highest BCUT2D eigenvalue weighted by Gasteiger charge is 2.33. The van der Waals surface area contributed by atoms with Crippen LogP contribution >= 0.6 is 0 Å². The van der Waals surface area contributed by atoms with Crippen LogP contribution in [-0.4, -0.2) is 11.6 Å². The number of allylic oxidation sites excluding steroid dienone is 5. The number of fused-ring (bicyclic) bond motifs is 2. The number of rotatable bonds is 4. The van der Waals surface area contributed by atoms with E-state index in [0.29, 0.717) is 17.5 Å². The van der Waals surface area contributed by atoms with Gasteiger partial charge in [-0.25, -0.2) is 0 Å². The number of hydrogen-bond acceptors (Lipinski definition) is 3. The molecule has 4 aromatic rings. The number of hydrogen-bond donors (Lipinski definition) is 0. The maximum atomic E-state index is 12.9. The second-order valence-corrected chi connectivity index (χ2v) is 8.51. The van der Waals surface area contributed by atoms with E-state index in [0.717, 1.165) is 28.0 Å². The Labute approximate surface area is 198 Å².